The SMILES string of the molecule is Cn1c(SCC(=O)Nc2ccccc2N2CCOCC2)nnc1-c1ccc(S(=O)(=O)N2CCOCC2)cc1. The lowest BCUT2D eigenvalue weighted by Crippen LogP contribution is -2.40. The van der Waals surface area contributed by atoms with Crippen LogP contribution in [0.2, 0.25) is 0 Å². The molecule has 2 aliphatic rings. The van der Waals surface area contributed by atoms with Gasteiger partial charge in [-0.3, -0.25) is 4.79 Å². The van der Waals surface area contributed by atoms with Gasteiger partial charge in [-0.1, -0.05) is 23.9 Å². The van der Waals surface area contributed by atoms with E-state index in [1.54, 1.807) is 28.8 Å². The first-order valence-corrected chi connectivity index (χ1v) is 14.8. The predicted molar refractivity (Wildman–Crippen MR) is 145 cm³/mol. The minimum atomic E-state index is -3.57. The molecule has 0 spiro atoms. The van der Waals surface area contributed by atoms with E-state index >= 15 is 0 Å². The average Bonchev–Trinajstić information content (AvgIpc) is 3.33. The molecule has 5 rings (SSSR count). The monoisotopic (exact) mass is 558 g/mol. The fraction of sp³-hybridized carbons (Fsp3) is 0.400. The van der Waals surface area contributed by atoms with Gasteiger partial charge in [0.1, 0.15) is 0 Å². The summed E-state index contributed by atoms with van der Waals surface area (Å²) >= 11 is 1.29. The molecule has 13 heteroatoms. The third-order valence-electron chi connectivity index (χ3n) is 6.42. The molecule has 3 heterocycles. The van der Waals surface area contributed by atoms with Crippen molar-refractivity contribution >= 4 is 39.1 Å². The highest BCUT2D eigenvalue weighted by Crippen LogP contribution is 2.28. The summed E-state index contributed by atoms with van der Waals surface area (Å²) in [7, 11) is -1.75. The Balaban J connectivity index is 1.22. The van der Waals surface area contributed by atoms with Gasteiger partial charge in [-0.25, -0.2) is 8.42 Å². The van der Waals surface area contributed by atoms with Crippen LogP contribution in [0.15, 0.2) is 58.6 Å². The molecule has 38 heavy (non-hydrogen) atoms. The van der Waals surface area contributed by atoms with Crippen molar-refractivity contribution in [1.29, 1.82) is 0 Å². The van der Waals surface area contributed by atoms with E-state index in [2.05, 4.69) is 20.4 Å². The zero-order chi connectivity index (χ0) is 26.5. The number of thioether (sulfide) groups is 1. The molecular formula is C25H30N6O5S2. The Hall–Kier alpha value is -2.97. The molecule has 0 aliphatic carbocycles. The summed E-state index contributed by atoms with van der Waals surface area (Å²) in [6.45, 7) is 4.38. The fourth-order valence-electron chi connectivity index (χ4n) is 4.38. The maximum atomic E-state index is 12.9. The van der Waals surface area contributed by atoms with Crippen molar-refractivity contribution in [3.05, 3.63) is 48.5 Å². The van der Waals surface area contributed by atoms with E-state index in [-0.39, 0.29) is 16.6 Å². The number of carbonyl (C=O) groups is 1. The fourth-order valence-corrected chi connectivity index (χ4v) is 6.50. The summed E-state index contributed by atoms with van der Waals surface area (Å²) in [4.78, 5) is 15.2. The van der Waals surface area contributed by atoms with Gasteiger partial charge in [0.25, 0.3) is 0 Å². The molecule has 11 nitrogen and oxygen atoms in total. The summed E-state index contributed by atoms with van der Waals surface area (Å²) in [5.74, 6) is 0.610. The molecule has 202 valence electrons. The molecular weight excluding hydrogens is 528 g/mol. The molecule has 1 aromatic heterocycles. The Morgan fingerprint density at radius 2 is 1.61 bits per heavy atom. The van der Waals surface area contributed by atoms with Crippen molar-refractivity contribution < 1.29 is 22.7 Å². The van der Waals surface area contributed by atoms with Gasteiger partial charge in [-0.05, 0) is 36.4 Å². The van der Waals surface area contributed by atoms with E-state index in [0.717, 1.165) is 30.0 Å². The van der Waals surface area contributed by atoms with Gasteiger partial charge in [0.05, 0.1) is 48.5 Å². The third-order valence-corrected chi connectivity index (χ3v) is 9.35. The number of hydrogen-bond acceptors (Lipinski definition) is 9. The number of aromatic nitrogens is 3. The number of hydrogen-bond donors (Lipinski definition) is 1. The number of para-hydroxylation sites is 2. The number of ether oxygens (including phenoxy) is 2. The zero-order valence-corrected chi connectivity index (χ0v) is 22.7. The highest BCUT2D eigenvalue weighted by Gasteiger charge is 2.26. The van der Waals surface area contributed by atoms with Crippen LogP contribution in [0.25, 0.3) is 11.4 Å². The lowest BCUT2D eigenvalue weighted by molar-refractivity contribution is -0.113. The van der Waals surface area contributed by atoms with Gasteiger partial charge in [0.2, 0.25) is 15.9 Å². The summed E-state index contributed by atoms with van der Waals surface area (Å²) < 4.78 is 39.7. The Labute approximate surface area is 226 Å². The lowest BCUT2D eigenvalue weighted by atomic mass is 10.2. The van der Waals surface area contributed by atoms with Gasteiger partial charge < -0.3 is 24.3 Å². The van der Waals surface area contributed by atoms with Crippen molar-refractivity contribution in [2.24, 2.45) is 7.05 Å². The maximum absolute atomic E-state index is 12.9. The van der Waals surface area contributed by atoms with Crippen LogP contribution in [0, 0.1) is 0 Å². The lowest BCUT2D eigenvalue weighted by Gasteiger charge is -2.30. The Morgan fingerprint density at radius 1 is 0.947 bits per heavy atom. The quantitative estimate of drug-likeness (QED) is 0.415. The second kappa shape index (κ2) is 11.8. The van der Waals surface area contributed by atoms with Crippen LogP contribution in [0.3, 0.4) is 0 Å². The Kier molecular flexibility index (Phi) is 8.29. The predicted octanol–water partition coefficient (Wildman–Crippen LogP) is 2.07. The molecule has 2 aromatic carbocycles. The topological polar surface area (TPSA) is 119 Å². The van der Waals surface area contributed by atoms with Crippen LogP contribution in [0.4, 0.5) is 11.4 Å². The summed E-state index contributed by atoms with van der Waals surface area (Å²) in [6.07, 6.45) is 0. The molecule has 0 atom stereocenters. The van der Waals surface area contributed by atoms with E-state index in [9.17, 15) is 13.2 Å². The molecule has 0 saturated carbocycles. The normalized spacial score (nSPS) is 16.9. The number of nitrogens with one attached hydrogen (secondary N) is 1. The second-order valence-electron chi connectivity index (χ2n) is 8.86. The van der Waals surface area contributed by atoms with Crippen LogP contribution in [-0.2, 0) is 31.3 Å². The van der Waals surface area contributed by atoms with E-state index in [1.807, 2.05) is 31.3 Å². The van der Waals surface area contributed by atoms with Crippen molar-refractivity contribution in [3.63, 3.8) is 0 Å². The number of nitrogens with zero attached hydrogens (tertiary/aromatic N) is 5. The maximum Gasteiger partial charge on any atom is 0.243 e. The second-order valence-corrected chi connectivity index (χ2v) is 11.7. The highest BCUT2D eigenvalue weighted by molar-refractivity contribution is 7.99. The first-order chi connectivity index (χ1) is 18.4. The van der Waals surface area contributed by atoms with E-state index in [1.165, 1.54) is 16.1 Å². The standard InChI is InChI=1S/C25H30N6O5S2/c1-29-24(19-6-8-20(9-7-19)38(33,34)31-12-16-36-17-13-31)27-28-25(29)37-18-23(32)26-21-4-2-3-5-22(21)30-10-14-35-15-11-30/h2-9H,10-18H2,1H3,(H,26,32). The first-order valence-electron chi connectivity index (χ1n) is 12.4. The van der Waals surface area contributed by atoms with E-state index in [4.69, 9.17) is 9.47 Å². The van der Waals surface area contributed by atoms with Crippen molar-refractivity contribution in [3.8, 4) is 11.4 Å². The number of sulfonamides is 1. The van der Waals surface area contributed by atoms with Gasteiger partial charge in [0.15, 0.2) is 11.0 Å². The minimum Gasteiger partial charge on any atom is -0.379 e. The summed E-state index contributed by atoms with van der Waals surface area (Å²) in [6, 6.07) is 14.4. The van der Waals surface area contributed by atoms with Crippen LogP contribution >= 0.6 is 11.8 Å². The van der Waals surface area contributed by atoms with E-state index < -0.39 is 10.0 Å². The third kappa shape index (κ3) is 5.86. The zero-order valence-electron chi connectivity index (χ0n) is 21.1. The van der Waals surface area contributed by atoms with Crippen LogP contribution in [0.5, 0.6) is 0 Å². The van der Waals surface area contributed by atoms with Crippen molar-refractivity contribution in [2.45, 2.75) is 10.1 Å². The molecule has 2 aliphatic heterocycles. The van der Waals surface area contributed by atoms with Crippen LogP contribution in [0.1, 0.15) is 0 Å². The molecule has 1 amide bonds. The number of morpholine rings is 2. The largest absolute Gasteiger partial charge is 0.379 e. The van der Waals surface area contributed by atoms with Gasteiger partial charge in [0, 0.05) is 38.8 Å². The molecule has 0 unspecified atom stereocenters. The molecule has 0 radical (unpaired) electrons. The molecule has 0 bridgehead atoms. The molecule has 2 saturated heterocycles. The summed E-state index contributed by atoms with van der Waals surface area (Å²) in [5.41, 5.74) is 2.48. The molecule has 3 aromatic rings. The van der Waals surface area contributed by atoms with Crippen LogP contribution < -0.4 is 10.2 Å². The van der Waals surface area contributed by atoms with E-state index in [0.29, 0.717) is 50.5 Å². The number of benzene rings is 2. The number of carbonyl (C=O) groups excluding carboxylic acids is 1. The smallest absolute Gasteiger partial charge is 0.243 e. The highest BCUT2D eigenvalue weighted by atomic mass is 32.2. The Morgan fingerprint density at radius 3 is 2.32 bits per heavy atom. The van der Waals surface area contributed by atoms with Gasteiger partial charge in [-0.15, -0.1) is 10.2 Å². The average molecular weight is 559 g/mol. The van der Waals surface area contributed by atoms with Crippen molar-refractivity contribution in [1.82, 2.24) is 19.1 Å². The van der Waals surface area contributed by atoms with Crippen LogP contribution in [-0.4, -0.2) is 91.8 Å². The number of anilines is 2. The minimum absolute atomic E-state index is 0.141. The number of amides is 1. The van der Waals surface area contributed by atoms with Crippen molar-refractivity contribution in [2.75, 3.05) is 68.6 Å². The Bertz CT molecular complexity index is 1370. The molecule has 1 N–H and O–H groups in total. The molecule has 2 fully saturated rings. The summed E-state index contributed by atoms with van der Waals surface area (Å²) in [5, 5.41) is 12.1. The first kappa shape index (κ1) is 26.6. The van der Waals surface area contributed by atoms with Gasteiger partial charge >= 0.3 is 0 Å². The van der Waals surface area contributed by atoms with Gasteiger partial charge in [-0.2, -0.15) is 4.31 Å². The number of rotatable bonds is 8.